The first-order valence-corrected chi connectivity index (χ1v) is 7.27. The standard InChI is InChI=1S/C15H24BrNO/c1-11(12-7-5-6-8-13(12)16)17-14(9-10-18)15(2,3)4/h5-8,11,14,17-18H,9-10H2,1-4H3. The molecular weight excluding hydrogens is 290 g/mol. The smallest absolute Gasteiger partial charge is 0.0446 e. The molecule has 3 heteroatoms. The van der Waals surface area contributed by atoms with Crippen molar-refractivity contribution in [3.8, 4) is 0 Å². The van der Waals surface area contributed by atoms with Crippen molar-refractivity contribution in [2.45, 2.75) is 46.2 Å². The Kier molecular flexibility index (Phi) is 5.83. The van der Waals surface area contributed by atoms with Crippen molar-refractivity contribution in [2.24, 2.45) is 5.41 Å². The van der Waals surface area contributed by atoms with Gasteiger partial charge in [0.15, 0.2) is 0 Å². The summed E-state index contributed by atoms with van der Waals surface area (Å²) in [5.74, 6) is 0. The number of aliphatic hydroxyl groups excluding tert-OH is 1. The Morgan fingerprint density at radius 3 is 2.39 bits per heavy atom. The molecule has 1 aromatic carbocycles. The first kappa shape index (κ1) is 15.7. The highest BCUT2D eigenvalue weighted by atomic mass is 79.9. The monoisotopic (exact) mass is 313 g/mol. The Hall–Kier alpha value is -0.380. The molecule has 0 radical (unpaired) electrons. The van der Waals surface area contributed by atoms with E-state index in [0.717, 1.165) is 10.9 Å². The van der Waals surface area contributed by atoms with Crippen LogP contribution in [0.25, 0.3) is 0 Å². The highest BCUT2D eigenvalue weighted by Gasteiger charge is 2.25. The van der Waals surface area contributed by atoms with Gasteiger partial charge in [-0.15, -0.1) is 0 Å². The van der Waals surface area contributed by atoms with Crippen molar-refractivity contribution >= 4 is 15.9 Å². The molecule has 1 aromatic rings. The van der Waals surface area contributed by atoms with E-state index in [4.69, 9.17) is 0 Å². The Morgan fingerprint density at radius 2 is 1.89 bits per heavy atom. The van der Waals surface area contributed by atoms with Crippen molar-refractivity contribution in [3.05, 3.63) is 34.3 Å². The highest BCUT2D eigenvalue weighted by Crippen LogP contribution is 2.27. The molecule has 0 aliphatic heterocycles. The molecule has 0 heterocycles. The SMILES string of the molecule is CC(NC(CCO)C(C)(C)C)c1ccccc1Br. The van der Waals surface area contributed by atoms with Crippen molar-refractivity contribution < 1.29 is 5.11 Å². The summed E-state index contributed by atoms with van der Waals surface area (Å²) in [5.41, 5.74) is 1.39. The van der Waals surface area contributed by atoms with Gasteiger partial charge in [-0.2, -0.15) is 0 Å². The fourth-order valence-electron chi connectivity index (χ4n) is 2.11. The Morgan fingerprint density at radius 1 is 1.28 bits per heavy atom. The molecule has 0 saturated heterocycles. The van der Waals surface area contributed by atoms with E-state index in [2.05, 4.69) is 67.1 Å². The van der Waals surface area contributed by atoms with Gasteiger partial charge in [-0.3, -0.25) is 0 Å². The summed E-state index contributed by atoms with van der Waals surface area (Å²) >= 11 is 3.59. The van der Waals surface area contributed by atoms with Crippen LogP contribution in [-0.4, -0.2) is 17.8 Å². The lowest BCUT2D eigenvalue weighted by atomic mass is 9.84. The molecule has 2 nitrogen and oxygen atoms in total. The topological polar surface area (TPSA) is 32.3 Å². The van der Waals surface area contributed by atoms with Crippen molar-refractivity contribution in [1.29, 1.82) is 0 Å². The zero-order chi connectivity index (χ0) is 13.8. The molecule has 0 bridgehead atoms. The van der Waals surface area contributed by atoms with Crippen LogP contribution in [0.4, 0.5) is 0 Å². The summed E-state index contributed by atoms with van der Waals surface area (Å²) in [6.07, 6.45) is 0.776. The molecule has 0 aliphatic rings. The van der Waals surface area contributed by atoms with Crippen LogP contribution in [0.5, 0.6) is 0 Å². The van der Waals surface area contributed by atoms with Crippen LogP contribution in [0.2, 0.25) is 0 Å². The number of hydrogen-bond donors (Lipinski definition) is 2. The quantitative estimate of drug-likeness (QED) is 0.864. The van der Waals surface area contributed by atoms with Gasteiger partial charge in [0.1, 0.15) is 0 Å². The molecule has 0 spiro atoms. The van der Waals surface area contributed by atoms with Crippen LogP contribution >= 0.6 is 15.9 Å². The predicted molar refractivity (Wildman–Crippen MR) is 80.6 cm³/mol. The first-order valence-electron chi connectivity index (χ1n) is 6.47. The van der Waals surface area contributed by atoms with E-state index in [-0.39, 0.29) is 18.1 Å². The third-order valence-electron chi connectivity index (χ3n) is 3.29. The molecule has 2 atom stereocenters. The van der Waals surface area contributed by atoms with E-state index in [1.165, 1.54) is 5.56 Å². The van der Waals surface area contributed by atoms with Crippen LogP contribution in [0.3, 0.4) is 0 Å². The molecule has 1 rings (SSSR count). The second-order valence-corrected chi connectivity index (χ2v) is 6.70. The van der Waals surface area contributed by atoms with Crippen LogP contribution in [0.1, 0.15) is 45.7 Å². The van der Waals surface area contributed by atoms with Gasteiger partial charge in [-0.1, -0.05) is 54.9 Å². The normalized spacial score (nSPS) is 15.4. The molecule has 0 fully saturated rings. The van der Waals surface area contributed by atoms with Gasteiger partial charge in [0.25, 0.3) is 0 Å². The fraction of sp³-hybridized carbons (Fsp3) is 0.600. The molecule has 2 N–H and O–H groups in total. The van der Waals surface area contributed by atoms with E-state index in [9.17, 15) is 5.11 Å². The lowest BCUT2D eigenvalue weighted by Gasteiger charge is -2.34. The molecule has 102 valence electrons. The first-order chi connectivity index (χ1) is 8.36. The van der Waals surface area contributed by atoms with Crippen molar-refractivity contribution in [1.82, 2.24) is 5.32 Å². The average Bonchev–Trinajstić information content (AvgIpc) is 2.27. The van der Waals surface area contributed by atoms with Gasteiger partial charge in [-0.25, -0.2) is 0 Å². The summed E-state index contributed by atoms with van der Waals surface area (Å²) in [6, 6.07) is 8.82. The van der Waals surface area contributed by atoms with E-state index in [0.29, 0.717) is 6.04 Å². The predicted octanol–water partition coefficient (Wildman–Crippen LogP) is 3.90. The third kappa shape index (κ3) is 4.38. The number of benzene rings is 1. The van der Waals surface area contributed by atoms with Gasteiger partial charge >= 0.3 is 0 Å². The zero-order valence-corrected chi connectivity index (χ0v) is 13.3. The van der Waals surface area contributed by atoms with Crippen LogP contribution < -0.4 is 5.32 Å². The van der Waals surface area contributed by atoms with Crippen molar-refractivity contribution in [3.63, 3.8) is 0 Å². The molecule has 2 unspecified atom stereocenters. The van der Waals surface area contributed by atoms with Gasteiger partial charge in [-0.05, 0) is 30.4 Å². The van der Waals surface area contributed by atoms with E-state index in [1.54, 1.807) is 0 Å². The Labute approximate surface area is 119 Å². The number of hydrogen-bond acceptors (Lipinski definition) is 2. The number of halogens is 1. The van der Waals surface area contributed by atoms with E-state index < -0.39 is 0 Å². The minimum absolute atomic E-state index is 0.137. The lowest BCUT2D eigenvalue weighted by Crippen LogP contribution is -2.42. The largest absolute Gasteiger partial charge is 0.396 e. The Balaban J connectivity index is 2.79. The van der Waals surface area contributed by atoms with Gasteiger partial charge < -0.3 is 10.4 Å². The van der Waals surface area contributed by atoms with Crippen LogP contribution in [-0.2, 0) is 0 Å². The lowest BCUT2D eigenvalue weighted by molar-refractivity contribution is 0.188. The maximum Gasteiger partial charge on any atom is 0.0446 e. The fourth-order valence-corrected chi connectivity index (χ4v) is 2.74. The molecule has 0 saturated carbocycles. The number of rotatable bonds is 5. The van der Waals surface area contributed by atoms with E-state index >= 15 is 0 Å². The number of aliphatic hydroxyl groups is 1. The molecular formula is C15H24BrNO. The minimum Gasteiger partial charge on any atom is -0.396 e. The second kappa shape index (κ2) is 6.69. The summed E-state index contributed by atoms with van der Waals surface area (Å²) in [4.78, 5) is 0. The summed E-state index contributed by atoms with van der Waals surface area (Å²) in [6.45, 7) is 8.99. The summed E-state index contributed by atoms with van der Waals surface area (Å²) < 4.78 is 1.13. The third-order valence-corrected chi connectivity index (χ3v) is 4.01. The van der Waals surface area contributed by atoms with E-state index in [1.807, 2.05) is 6.07 Å². The highest BCUT2D eigenvalue weighted by molar-refractivity contribution is 9.10. The van der Waals surface area contributed by atoms with Gasteiger partial charge in [0, 0.05) is 23.2 Å². The van der Waals surface area contributed by atoms with Gasteiger partial charge in [0.05, 0.1) is 0 Å². The summed E-state index contributed by atoms with van der Waals surface area (Å²) in [7, 11) is 0. The maximum atomic E-state index is 9.19. The maximum absolute atomic E-state index is 9.19. The number of nitrogens with one attached hydrogen (secondary N) is 1. The summed E-state index contributed by atoms with van der Waals surface area (Å²) in [5, 5.41) is 12.8. The Bertz CT molecular complexity index is 373. The average molecular weight is 314 g/mol. The van der Waals surface area contributed by atoms with Crippen molar-refractivity contribution in [2.75, 3.05) is 6.61 Å². The molecule has 18 heavy (non-hydrogen) atoms. The molecule has 0 aliphatic carbocycles. The minimum atomic E-state index is 0.137. The molecule has 0 amide bonds. The van der Waals surface area contributed by atoms with Gasteiger partial charge in [0.2, 0.25) is 0 Å². The zero-order valence-electron chi connectivity index (χ0n) is 11.7. The van der Waals surface area contributed by atoms with Crippen LogP contribution in [0, 0.1) is 5.41 Å². The molecule has 0 aromatic heterocycles. The van der Waals surface area contributed by atoms with Crippen LogP contribution in [0.15, 0.2) is 28.7 Å². The second-order valence-electron chi connectivity index (χ2n) is 5.84.